The smallest absolute Gasteiger partial charge is 0.221 e. The number of carbonyl (C=O) groups is 1. The summed E-state index contributed by atoms with van der Waals surface area (Å²) in [6.45, 7) is 9.44. The van der Waals surface area contributed by atoms with Crippen LogP contribution in [-0.2, 0) is 4.79 Å². The molecule has 0 heterocycles. The molecular formula is C14H28N2O. The van der Waals surface area contributed by atoms with E-state index in [0.29, 0.717) is 12.5 Å². The Morgan fingerprint density at radius 3 is 2.65 bits per heavy atom. The Hall–Kier alpha value is -0.570. The summed E-state index contributed by atoms with van der Waals surface area (Å²) in [5.41, 5.74) is 0. The lowest BCUT2D eigenvalue weighted by Gasteiger charge is -2.33. The van der Waals surface area contributed by atoms with E-state index in [0.717, 1.165) is 18.4 Å². The molecule has 0 aliphatic heterocycles. The summed E-state index contributed by atoms with van der Waals surface area (Å²) in [5, 5.41) is 6.47. The maximum Gasteiger partial charge on any atom is 0.221 e. The van der Waals surface area contributed by atoms with Crippen molar-refractivity contribution in [2.24, 2.45) is 11.8 Å². The van der Waals surface area contributed by atoms with Crippen molar-refractivity contribution < 1.29 is 4.79 Å². The van der Waals surface area contributed by atoms with Gasteiger partial charge in [-0.25, -0.2) is 0 Å². The van der Waals surface area contributed by atoms with Crippen LogP contribution in [0.3, 0.4) is 0 Å². The molecule has 0 saturated heterocycles. The van der Waals surface area contributed by atoms with Crippen molar-refractivity contribution in [3.05, 3.63) is 0 Å². The third-order valence-electron chi connectivity index (χ3n) is 3.67. The normalized spacial score (nSPS) is 29.4. The first kappa shape index (κ1) is 14.5. The highest BCUT2D eigenvalue weighted by atomic mass is 16.1. The van der Waals surface area contributed by atoms with Gasteiger partial charge in [0.2, 0.25) is 5.91 Å². The third kappa shape index (κ3) is 5.53. The molecule has 3 nitrogen and oxygen atoms in total. The molecule has 1 saturated carbocycles. The highest BCUT2D eigenvalue weighted by Crippen LogP contribution is 2.28. The molecule has 0 aromatic rings. The lowest BCUT2D eigenvalue weighted by atomic mass is 9.80. The largest absolute Gasteiger partial charge is 0.354 e. The Morgan fingerprint density at radius 1 is 1.29 bits per heavy atom. The molecule has 2 N–H and O–H groups in total. The van der Waals surface area contributed by atoms with Gasteiger partial charge in [-0.2, -0.15) is 0 Å². The number of carbonyl (C=O) groups excluding carboxylic acids is 1. The van der Waals surface area contributed by atoms with Crippen molar-refractivity contribution in [3.8, 4) is 0 Å². The molecular weight excluding hydrogens is 212 g/mol. The fourth-order valence-corrected chi connectivity index (χ4v) is 2.58. The van der Waals surface area contributed by atoms with Gasteiger partial charge in [-0.3, -0.25) is 4.79 Å². The summed E-state index contributed by atoms with van der Waals surface area (Å²) < 4.78 is 0. The first-order valence-electron chi connectivity index (χ1n) is 7.01. The molecule has 1 aliphatic rings. The monoisotopic (exact) mass is 240 g/mol. The molecule has 3 atom stereocenters. The number of rotatable bonds is 5. The quantitative estimate of drug-likeness (QED) is 0.774. The van der Waals surface area contributed by atoms with Crippen LogP contribution in [0.1, 0.15) is 53.4 Å². The van der Waals surface area contributed by atoms with E-state index in [1.165, 1.54) is 19.3 Å². The van der Waals surface area contributed by atoms with E-state index < -0.39 is 0 Å². The molecule has 3 unspecified atom stereocenters. The SMILES string of the molecule is CC1CCC(C)C(NCCC(=O)NC(C)C)C1. The minimum atomic E-state index is 0.156. The van der Waals surface area contributed by atoms with Gasteiger partial charge in [0, 0.05) is 25.0 Å². The van der Waals surface area contributed by atoms with E-state index in [4.69, 9.17) is 0 Å². The minimum Gasteiger partial charge on any atom is -0.354 e. The second kappa shape index (κ2) is 7.00. The van der Waals surface area contributed by atoms with Crippen molar-refractivity contribution in [1.82, 2.24) is 10.6 Å². The Morgan fingerprint density at radius 2 is 2.00 bits per heavy atom. The Balaban J connectivity index is 2.19. The zero-order valence-corrected chi connectivity index (χ0v) is 11.8. The van der Waals surface area contributed by atoms with Crippen LogP contribution in [0.5, 0.6) is 0 Å². The summed E-state index contributed by atoms with van der Waals surface area (Å²) in [6.07, 6.45) is 4.52. The van der Waals surface area contributed by atoms with Gasteiger partial charge >= 0.3 is 0 Å². The van der Waals surface area contributed by atoms with E-state index in [1.54, 1.807) is 0 Å². The molecule has 0 aromatic carbocycles. The molecule has 0 spiro atoms. The summed E-state index contributed by atoms with van der Waals surface area (Å²) in [6, 6.07) is 0.849. The molecule has 1 amide bonds. The molecule has 1 fully saturated rings. The number of hydrogen-bond acceptors (Lipinski definition) is 2. The fourth-order valence-electron chi connectivity index (χ4n) is 2.58. The van der Waals surface area contributed by atoms with Crippen LogP contribution in [0.25, 0.3) is 0 Å². The maximum atomic E-state index is 11.5. The van der Waals surface area contributed by atoms with Gasteiger partial charge in [0.25, 0.3) is 0 Å². The third-order valence-corrected chi connectivity index (χ3v) is 3.67. The fraction of sp³-hybridized carbons (Fsp3) is 0.929. The molecule has 0 aromatic heterocycles. The van der Waals surface area contributed by atoms with Crippen molar-refractivity contribution in [3.63, 3.8) is 0 Å². The first-order chi connectivity index (χ1) is 7.99. The Bertz CT molecular complexity index is 240. The summed E-state index contributed by atoms with van der Waals surface area (Å²) in [7, 11) is 0. The molecule has 100 valence electrons. The summed E-state index contributed by atoms with van der Waals surface area (Å²) in [5.74, 6) is 1.73. The van der Waals surface area contributed by atoms with Gasteiger partial charge in [-0.05, 0) is 38.5 Å². The molecule has 3 heteroatoms. The maximum absolute atomic E-state index is 11.5. The second-order valence-corrected chi connectivity index (χ2v) is 5.93. The van der Waals surface area contributed by atoms with Crippen LogP contribution in [0.15, 0.2) is 0 Å². The molecule has 1 rings (SSSR count). The average molecular weight is 240 g/mol. The average Bonchev–Trinajstić information content (AvgIpc) is 2.22. The van der Waals surface area contributed by atoms with E-state index in [1.807, 2.05) is 13.8 Å². The predicted molar refractivity (Wildman–Crippen MR) is 71.9 cm³/mol. The minimum absolute atomic E-state index is 0.156. The van der Waals surface area contributed by atoms with Gasteiger partial charge in [0.05, 0.1) is 0 Å². The van der Waals surface area contributed by atoms with Gasteiger partial charge < -0.3 is 10.6 Å². The number of hydrogen-bond donors (Lipinski definition) is 2. The van der Waals surface area contributed by atoms with Crippen molar-refractivity contribution in [1.29, 1.82) is 0 Å². The number of amides is 1. The van der Waals surface area contributed by atoms with Crippen LogP contribution < -0.4 is 10.6 Å². The predicted octanol–water partition coefficient (Wildman–Crippen LogP) is 2.32. The van der Waals surface area contributed by atoms with Crippen LogP contribution >= 0.6 is 0 Å². The van der Waals surface area contributed by atoms with E-state index >= 15 is 0 Å². The highest BCUT2D eigenvalue weighted by Gasteiger charge is 2.24. The van der Waals surface area contributed by atoms with Crippen molar-refractivity contribution in [2.75, 3.05) is 6.54 Å². The second-order valence-electron chi connectivity index (χ2n) is 5.93. The summed E-state index contributed by atoms with van der Waals surface area (Å²) in [4.78, 5) is 11.5. The topological polar surface area (TPSA) is 41.1 Å². The lowest BCUT2D eigenvalue weighted by Crippen LogP contribution is -2.41. The van der Waals surface area contributed by atoms with Crippen molar-refractivity contribution >= 4 is 5.91 Å². The van der Waals surface area contributed by atoms with Gasteiger partial charge in [0.1, 0.15) is 0 Å². The number of nitrogens with one attached hydrogen (secondary N) is 2. The van der Waals surface area contributed by atoms with Gasteiger partial charge in [-0.1, -0.05) is 20.3 Å². The molecule has 17 heavy (non-hydrogen) atoms. The molecule has 0 radical (unpaired) electrons. The van der Waals surface area contributed by atoms with Crippen molar-refractivity contribution in [2.45, 2.75) is 65.5 Å². The van der Waals surface area contributed by atoms with Gasteiger partial charge in [0.15, 0.2) is 0 Å². The van der Waals surface area contributed by atoms with Crippen LogP contribution in [-0.4, -0.2) is 24.5 Å². The highest BCUT2D eigenvalue weighted by molar-refractivity contribution is 5.76. The first-order valence-corrected chi connectivity index (χ1v) is 7.01. The van der Waals surface area contributed by atoms with Crippen LogP contribution in [0.4, 0.5) is 0 Å². The van der Waals surface area contributed by atoms with E-state index in [-0.39, 0.29) is 11.9 Å². The lowest BCUT2D eigenvalue weighted by molar-refractivity contribution is -0.121. The Kier molecular flexibility index (Phi) is 5.96. The summed E-state index contributed by atoms with van der Waals surface area (Å²) >= 11 is 0. The van der Waals surface area contributed by atoms with Crippen LogP contribution in [0, 0.1) is 11.8 Å². The molecule has 1 aliphatic carbocycles. The van der Waals surface area contributed by atoms with E-state index in [2.05, 4.69) is 24.5 Å². The van der Waals surface area contributed by atoms with Gasteiger partial charge in [-0.15, -0.1) is 0 Å². The molecule has 0 bridgehead atoms. The standard InChI is InChI=1S/C14H28N2O/c1-10(2)16-14(17)7-8-15-13-9-11(3)5-6-12(13)4/h10-13,15H,5-9H2,1-4H3,(H,16,17). The van der Waals surface area contributed by atoms with Crippen LogP contribution in [0.2, 0.25) is 0 Å². The zero-order chi connectivity index (χ0) is 12.8. The Labute approximate surface area is 106 Å². The zero-order valence-electron chi connectivity index (χ0n) is 11.8. The van der Waals surface area contributed by atoms with E-state index in [9.17, 15) is 4.79 Å².